The van der Waals surface area contributed by atoms with Gasteiger partial charge in [-0.3, -0.25) is 0 Å². The largest absolute Gasteiger partial charge is 0.171 e. The summed E-state index contributed by atoms with van der Waals surface area (Å²) in [6.07, 6.45) is 0.872. The molecule has 2 aromatic carbocycles. The Morgan fingerprint density at radius 3 is 2.15 bits per heavy atom. The van der Waals surface area contributed by atoms with Gasteiger partial charge in [-0.1, -0.05) is 83.5 Å². The van der Waals surface area contributed by atoms with Crippen LogP contribution in [-0.2, 0) is 5.54 Å². The summed E-state index contributed by atoms with van der Waals surface area (Å²) in [5, 5.41) is 9.04. The zero-order valence-electron chi connectivity index (χ0n) is 11.3. The van der Waals surface area contributed by atoms with Gasteiger partial charge in [0, 0.05) is 5.56 Å². The molecular formula is C17H15BrN2. The van der Waals surface area contributed by atoms with Crippen molar-refractivity contribution in [2.24, 2.45) is 10.2 Å². The topological polar surface area (TPSA) is 24.7 Å². The van der Waals surface area contributed by atoms with Gasteiger partial charge in [0.25, 0.3) is 0 Å². The third kappa shape index (κ3) is 2.02. The first kappa shape index (κ1) is 13.3. The molecule has 100 valence electrons. The minimum Gasteiger partial charge on any atom is -0.171 e. The van der Waals surface area contributed by atoms with Crippen molar-refractivity contribution in [2.45, 2.75) is 18.9 Å². The van der Waals surface area contributed by atoms with Gasteiger partial charge in [-0.05, 0) is 12.0 Å². The van der Waals surface area contributed by atoms with E-state index in [0.29, 0.717) is 0 Å². The fraction of sp³-hybridized carbons (Fsp3) is 0.176. The monoisotopic (exact) mass is 326 g/mol. The minimum absolute atomic E-state index is 0.383. The Morgan fingerprint density at radius 1 is 0.950 bits per heavy atom. The van der Waals surface area contributed by atoms with E-state index in [1.165, 1.54) is 5.56 Å². The van der Waals surface area contributed by atoms with Gasteiger partial charge in [0.15, 0.2) is 0 Å². The summed E-state index contributed by atoms with van der Waals surface area (Å²) in [5.41, 5.74) is 2.81. The van der Waals surface area contributed by atoms with E-state index < -0.39 is 0 Å². The SMILES string of the molecule is CCC1(c2ccccc2)N=NC(c2ccccc2)=C1Br. The smallest absolute Gasteiger partial charge is 0.140 e. The van der Waals surface area contributed by atoms with Crippen molar-refractivity contribution in [1.82, 2.24) is 0 Å². The first-order valence-electron chi connectivity index (χ1n) is 6.72. The molecule has 1 aliphatic rings. The number of hydrogen-bond acceptors (Lipinski definition) is 2. The summed E-state index contributed by atoms with van der Waals surface area (Å²) >= 11 is 3.75. The van der Waals surface area contributed by atoms with Crippen molar-refractivity contribution in [3.8, 4) is 0 Å². The molecule has 0 saturated heterocycles. The third-order valence-electron chi connectivity index (χ3n) is 3.70. The van der Waals surface area contributed by atoms with Crippen LogP contribution in [0.1, 0.15) is 24.5 Å². The van der Waals surface area contributed by atoms with E-state index in [1.807, 2.05) is 36.4 Å². The normalized spacial score (nSPS) is 21.5. The highest BCUT2D eigenvalue weighted by atomic mass is 79.9. The molecule has 2 nitrogen and oxygen atoms in total. The van der Waals surface area contributed by atoms with E-state index in [-0.39, 0.29) is 5.54 Å². The molecule has 0 amide bonds. The zero-order valence-corrected chi connectivity index (χ0v) is 12.8. The molecule has 0 spiro atoms. The highest BCUT2D eigenvalue weighted by Gasteiger charge is 2.39. The lowest BCUT2D eigenvalue weighted by Crippen LogP contribution is -2.20. The van der Waals surface area contributed by atoms with Crippen LogP contribution in [0, 0.1) is 0 Å². The predicted molar refractivity (Wildman–Crippen MR) is 85.6 cm³/mol. The van der Waals surface area contributed by atoms with Crippen LogP contribution in [0.2, 0.25) is 0 Å². The molecule has 0 aliphatic carbocycles. The van der Waals surface area contributed by atoms with Crippen molar-refractivity contribution >= 4 is 21.6 Å². The minimum atomic E-state index is -0.383. The van der Waals surface area contributed by atoms with Crippen LogP contribution >= 0.6 is 15.9 Å². The van der Waals surface area contributed by atoms with E-state index in [1.54, 1.807) is 0 Å². The standard InChI is InChI=1S/C17H15BrN2/c1-2-17(14-11-7-4-8-12-14)16(18)15(19-20-17)13-9-5-3-6-10-13/h3-12H,2H2,1H3. The molecule has 0 N–H and O–H groups in total. The fourth-order valence-electron chi connectivity index (χ4n) is 2.53. The van der Waals surface area contributed by atoms with Gasteiger partial charge in [0.05, 0.1) is 4.48 Å². The first-order chi connectivity index (χ1) is 9.78. The van der Waals surface area contributed by atoms with Crippen molar-refractivity contribution in [3.05, 3.63) is 76.3 Å². The molecule has 1 atom stereocenters. The van der Waals surface area contributed by atoms with Crippen molar-refractivity contribution in [2.75, 3.05) is 0 Å². The molecule has 0 fully saturated rings. The number of rotatable bonds is 3. The van der Waals surface area contributed by atoms with Gasteiger partial charge in [0.2, 0.25) is 0 Å². The van der Waals surface area contributed by atoms with Crippen LogP contribution in [-0.4, -0.2) is 0 Å². The Balaban J connectivity index is 2.13. The van der Waals surface area contributed by atoms with E-state index in [0.717, 1.165) is 22.2 Å². The lowest BCUT2D eigenvalue weighted by Gasteiger charge is -2.24. The third-order valence-corrected chi connectivity index (χ3v) is 4.73. The summed E-state index contributed by atoms with van der Waals surface area (Å²) in [7, 11) is 0. The highest BCUT2D eigenvalue weighted by Crippen LogP contribution is 2.49. The van der Waals surface area contributed by atoms with E-state index in [4.69, 9.17) is 0 Å². The molecule has 3 rings (SSSR count). The van der Waals surface area contributed by atoms with Gasteiger partial charge >= 0.3 is 0 Å². The van der Waals surface area contributed by atoms with Crippen molar-refractivity contribution < 1.29 is 0 Å². The Hall–Kier alpha value is -1.74. The van der Waals surface area contributed by atoms with Crippen molar-refractivity contribution in [1.29, 1.82) is 0 Å². The summed E-state index contributed by atoms with van der Waals surface area (Å²) < 4.78 is 1.05. The molecule has 0 saturated carbocycles. The lowest BCUT2D eigenvalue weighted by atomic mass is 9.87. The molecule has 3 heteroatoms. The number of benzene rings is 2. The van der Waals surface area contributed by atoms with Crippen LogP contribution in [0.15, 0.2) is 75.4 Å². The Bertz CT molecular complexity index is 662. The molecule has 2 aromatic rings. The summed E-state index contributed by atoms with van der Waals surface area (Å²) in [6.45, 7) is 2.14. The average Bonchev–Trinajstić information content (AvgIpc) is 2.87. The summed E-state index contributed by atoms with van der Waals surface area (Å²) in [4.78, 5) is 0. The van der Waals surface area contributed by atoms with Gasteiger partial charge in [-0.2, -0.15) is 10.2 Å². The van der Waals surface area contributed by atoms with Crippen LogP contribution in [0.3, 0.4) is 0 Å². The number of nitrogens with zero attached hydrogens (tertiary/aromatic N) is 2. The number of halogens is 1. The molecule has 0 aromatic heterocycles. The van der Waals surface area contributed by atoms with E-state index >= 15 is 0 Å². The van der Waals surface area contributed by atoms with E-state index in [9.17, 15) is 0 Å². The maximum Gasteiger partial charge on any atom is 0.140 e. The van der Waals surface area contributed by atoms with Crippen LogP contribution in [0.5, 0.6) is 0 Å². The molecule has 1 unspecified atom stereocenters. The second-order valence-corrected chi connectivity index (χ2v) is 5.60. The zero-order chi connectivity index (χ0) is 14.0. The Morgan fingerprint density at radius 2 is 1.55 bits per heavy atom. The average molecular weight is 327 g/mol. The molecule has 1 heterocycles. The van der Waals surface area contributed by atoms with Crippen LogP contribution in [0.25, 0.3) is 5.70 Å². The Kier molecular flexibility index (Phi) is 3.53. The maximum atomic E-state index is 4.60. The molecule has 0 radical (unpaired) electrons. The lowest BCUT2D eigenvalue weighted by molar-refractivity contribution is 0.529. The molecule has 1 aliphatic heterocycles. The van der Waals surface area contributed by atoms with Gasteiger partial charge in [-0.15, -0.1) is 0 Å². The molecular weight excluding hydrogens is 312 g/mol. The summed E-state index contributed by atoms with van der Waals surface area (Å²) in [6, 6.07) is 20.5. The van der Waals surface area contributed by atoms with Gasteiger partial charge in [-0.25, -0.2) is 0 Å². The first-order valence-corrected chi connectivity index (χ1v) is 7.51. The Labute approximate surface area is 127 Å². The van der Waals surface area contributed by atoms with Crippen LogP contribution < -0.4 is 0 Å². The van der Waals surface area contributed by atoms with Gasteiger partial charge < -0.3 is 0 Å². The second kappa shape index (κ2) is 5.33. The highest BCUT2D eigenvalue weighted by molar-refractivity contribution is 9.12. The quantitative estimate of drug-likeness (QED) is 0.709. The maximum absolute atomic E-state index is 4.60. The summed E-state index contributed by atoms with van der Waals surface area (Å²) in [5.74, 6) is 0. The van der Waals surface area contributed by atoms with Gasteiger partial charge in [0.1, 0.15) is 11.2 Å². The molecule has 20 heavy (non-hydrogen) atoms. The number of azo groups is 1. The number of hydrogen-bond donors (Lipinski definition) is 0. The fourth-order valence-corrected chi connectivity index (χ4v) is 3.42. The van der Waals surface area contributed by atoms with Crippen LogP contribution in [0.4, 0.5) is 0 Å². The van der Waals surface area contributed by atoms with E-state index in [2.05, 4.69) is 57.3 Å². The predicted octanol–water partition coefficient (Wildman–Crippen LogP) is 5.52. The molecule has 0 bridgehead atoms. The van der Waals surface area contributed by atoms with Crippen molar-refractivity contribution in [3.63, 3.8) is 0 Å². The second-order valence-electron chi connectivity index (χ2n) is 4.81.